The van der Waals surface area contributed by atoms with Crippen molar-refractivity contribution in [2.24, 2.45) is 4.99 Å². The molecule has 2 rings (SSSR count). The normalized spacial score (nSPS) is 15.8. The fourth-order valence-corrected chi connectivity index (χ4v) is 2.13. The number of hydrogen-bond donors (Lipinski definition) is 2. The van der Waals surface area contributed by atoms with Crippen LogP contribution >= 0.6 is 0 Å². The van der Waals surface area contributed by atoms with Gasteiger partial charge in [0.15, 0.2) is 5.96 Å². The van der Waals surface area contributed by atoms with Crippen LogP contribution in [0.5, 0.6) is 0 Å². The van der Waals surface area contributed by atoms with Crippen molar-refractivity contribution < 1.29 is 4.74 Å². The zero-order valence-corrected chi connectivity index (χ0v) is 11.9. The van der Waals surface area contributed by atoms with Crippen molar-refractivity contribution in [1.29, 1.82) is 0 Å². The number of anilines is 2. The number of aliphatic imine (C=N–C) groups is 1. The van der Waals surface area contributed by atoms with Crippen LogP contribution in [0.2, 0.25) is 0 Å². The zero-order valence-electron chi connectivity index (χ0n) is 11.9. The molecule has 2 N–H and O–H groups in total. The summed E-state index contributed by atoms with van der Waals surface area (Å²) in [6.45, 7) is 7.76. The molecule has 0 bridgehead atoms. The Bertz CT molecular complexity index is 467. The van der Waals surface area contributed by atoms with Crippen LogP contribution in [0.3, 0.4) is 0 Å². The second-order valence-corrected chi connectivity index (χ2v) is 4.48. The van der Waals surface area contributed by atoms with Gasteiger partial charge < -0.3 is 20.3 Å². The van der Waals surface area contributed by atoms with Crippen molar-refractivity contribution in [1.82, 2.24) is 5.32 Å². The summed E-state index contributed by atoms with van der Waals surface area (Å²) in [5.41, 5.74) is 2.23. The predicted molar refractivity (Wildman–Crippen MR) is 84.7 cm³/mol. The molecule has 0 radical (unpaired) electrons. The molecule has 1 aromatic rings. The summed E-state index contributed by atoms with van der Waals surface area (Å²) in [6.07, 6.45) is 1.81. The first-order valence-corrected chi connectivity index (χ1v) is 6.85. The minimum atomic E-state index is 0.680. The van der Waals surface area contributed by atoms with Gasteiger partial charge in [0, 0.05) is 26.7 Å². The average Bonchev–Trinajstić information content (AvgIpc) is 2.52. The summed E-state index contributed by atoms with van der Waals surface area (Å²) in [6, 6.07) is 8.25. The number of guanidine groups is 1. The predicted octanol–water partition coefficient (Wildman–Crippen LogP) is 1.70. The number of para-hydroxylation sites is 2. The Balaban J connectivity index is 2.12. The summed E-state index contributed by atoms with van der Waals surface area (Å²) in [5.74, 6) is 0.741. The third-order valence-corrected chi connectivity index (χ3v) is 3.15. The average molecular weight is 274 g/mol. The molecule has 0 aromatic heterocycles. The van der Waals surface area contributed by atoms with Gasteiger partial charge in [-0.15, -0.1) is 6.58 Å². The fraction of sp³-hybridized carbons (Fsp3) is 0.400. The lowest BCUT2D eigenvalue weighted by atomic mass is 10.2. The van der Waals surface area contributed by atoms with Gasteiger partial charge in [-0.3, -0.25) is 4.99 Å². The molecule has 1 heterocycles. The van der Waals surface area contributed by atoms with E-state index in [4.69, 9.17) is 4.74 Å². The molecule has 108 valence electrons. The van der Waals surface area contributed by atoms with Crippen molar-refractivity contribution in [2.45, 2.75) is 0 Å². The molecule has 1 saturated heterocycles. The highest BCUT2D eigenvalue weighted by Gasteiger charge is 2.14. The Labute approximate surface area is 120 Å². The van der Waals surface area contributed by atoms with E-state index in [1.165, 1.54) is 5.69 Å². The molecule has 0 spiro atoms. The molecule has 1 aliphatic heterocycles. The van der Waals surface area contributed by atoms with Gasteiger partial charge in [0.05, 0.1) is 24.6 Å². The van der Waals surface area contributed by atoms with E-state index in [1.54, 1.807) is 13.1 Å². The van der Waals surface area contributed by atoms with E-state index in [0.29, 0.717) is 6.54 Å². The lowest BCUT2D eigenvalue weighted by Crippen LogP contribution is -2.37. The first-order valence-electron chi connectivity index (χ1n) is 6.85. The summed E-state index contributed by atoms with van der Waals surface area (Å²) in [5, 5.41) is 6.51. The van der Waals surface area contributed by atoms with Crippen molar-refractivity contribution in [3.8, 4) is 0 Å². The minimum absolute atomic E-state index is 0.680. The van der Waals surface area contributed by atoms with Crippen molar-refractivity contribution in [3.63, 3.8) is 0 Å². The van der Waals surface area contributed by atoms with E-state index in [0.717, 1.165) is 38.0 Å². The minimum Gasteiger partial charge on any atom is -0.378 e. The van der Waals surface area contributed by atoms with Crippen LogP contribution < -0.4 is 15.5 Å². The van der Waals surface area contributed by atoms with Gasteiger partial charge in [0.25, 0.3) is 0 Å². The van der Waals surface area contributed by atoms with Crippen LogP contribution in [0.4, 0.5) is 11.4 Å². The molecule has 20 heavy (non-hydrogen) atoms. The molecule has 0 saturated carbocycles. The number of hydrogen-bond acceptors (Lipinski definition) is 3. The van der Waals surface area contributed by atoms with Gasteiger partial charge in [-0.05, 0) is 12.1 Å². The standard InChI is InChI=1S/C15H22N4O/c1-3-8-17-15(16-2)18-13-6-4-5-7-14(13)19-9-11-20-12-10-19/h3-7H,1,8-12H2,2H3,(H2,16,17,18). The van der Waals surface area contributed by atoms with Gasteiger partial charge in [0.2, 0.25) is 0 Å². The number of nitrogens with zero attached hydrogens (tertiary/aromatic N) is 2. The van der Waals surface area contributed by atoms with Crippen LogP contribution in [0.15, 0.2) is 41.9 Å². The van der Waals surface area contributed by atoms with Crippen LogP contribution in [-0.4, -0.2) is 45.9 Å². The monoisotopic (exact) mass is 274 g/mol. The first-order chi connectivity index (χ1) is 9.85. The molecule has 1 fully saturated rings. The SMILES string of the molecule is C=CCNC(=NC)Nc1ccccc1N1CCOCC1. The van der Waals surface area contributed by atoms with Gasteiger partial charge in [-0.2, -0.15) is 0 Å². The zero-order chi connectivity index (χ0) is 14.2. The van der Waals surface area contributed by atoms with E-state index in [9.17, 15) is 0 Å². The largest absolute Gasteiger partial charge is 0.378 e. The van der Waals surface area contributed by atoms with Crippen LogP contribution in [0.25, 0.3) is 0 Å². The lowest BCUT2D eigenvalue weighted by Gasteiger charge is -2.30. The van der Waals surface area contributed by atoms with E-state index in [1.807, 2.05) is 6.07 Å². The highest BCUT2D eigenvalue weighted by molar-refractivity contribution is 5.96. The number of rotatable bonds is 4. The molecule has 1 aliphatic rings. The Hall–Kier alpha value is -2.01. The first kappa shape index (κ1) is 14.4. The quantitative estimate of drug-likeness (QED) is 0.498. The highest BCUT2D eigenvalue weighted by Crippen LogP contribution is 2.26. The van der Waals surface area contributed by atoms with Crippen LogP contribution in [0.1, 0.15) is 0 Å². The summed E-state index contributed by atoms with van der Waals surface area (Å²) in [7, 11) is 1.76. The van der Waals surface area contributed by atoms with Crippen molar-refractivity contribution >= 4 is 17.3 Å². The topological polar surface area (TPSA) is 48.9 Å². The molecule has 5 nitrogen and oxygen atoms in total. The number of morpholine rings is 1. The number of ether oxygens (including phenoxy) is 1. The molecular formula is C15H22N4O. The molecule has 1 aromatic carbocycles. The van der Waals surface area contributed by atoms with Crippen molar-refractivity contribution in [3.05, 3.63) is 36.9 Å². The summed E-state index contributed by atoms with van der Waals surface area (Å²) in [4.78, 5) is 6.54. The Morgan fingerprint density at radius 3 is 2.85 bits per heavy atom. The molecule has 0 atom stereocenters. The maximum atomic E-state index is 5.41. The summed E-state index contributed by atoms with van der Waals surface area (Å²) < 4.78 is 5.41. The third kappa shape index (κ3) is 3.74. The third-order valence-electron chi connectivity index (χ3n) is 3.15. The van der Waals surface area contributed by atoms with Gasteiger partial charge in [0.1, 0.15) is 0 Å². The Morgan fingerprint density at radius 2 is 2.15 bits per heavy atom. The maximum Gasteiger partial charge on any atom is 0.195 e. The highest BCUT2D eigenvalue weighted by atomic mass is 16.5. The van der Waals surface area contributed by atoms with Crippen molar-refractivity contribution in [2.75, 3.05) is 50.1 Å². The van der Waals surface area contributed by atoms with E-state index >= 15 is 0 Å². The second-order valence-electron chi connectivity index (χ2n) is 4.48. The van der Waals surface area contributed by atoms with E-state index in [2.05, 4.69) is 45.3 Å². The number of nitrogens with one attached hydrogen (secondary N) is 2. The molecule has 0 unspecified atom stereocenters. The molecule has 0 aliphatic carbocycles. The Morgan fingerprint density at radius 1 is 1.40 bits per heavy atom. The summed E-state index contributed by atoms with van der Waals surface area (Å²) >= 11 is 0. The molecular weight excluding hydrogens is 252 g/mol. The number of benzene rings is 1. The fourth-order valence-electron chi connectivity index (χ4n) is 2.13. The molecule has 0 amide bonds. The van der Waals surface area contributed by atoms with E-state index in [-0.39, 0.29) is 0 Å². The second kappa shape index (κ2) is 7.55. The van der Waals surface area contributed by atoms with Gasteiger partial charge in [-0.1, -0.05) is 18.2 Å². The maximum absolute atomic E-state index is 5.41. The lowest BCUT2D eigenvalue weighted by molar-refractivity contribution is 0.123. The van der Waals surface area contributed by atoms with Gasteiger partial charge >= 0.3 is 0 Å². The van der Waals surface area contributed by atoms with Crippen LogP contribution in [0, 0.1) is 0 Å². The Kier molecular flexibility index (Phi) is 5.43. The smallest absolute Gasteiger partial charge is 0.195 e. The molecule has 5 heteroatoms. The van der Waals surface area contributed by atoms with E-state index < -0.39 is 0 Å². The van der Waals surface area contributed by atoms with Gasteiger partial charge in [-0.25, -0.2) is 0 Å². The van der Waals surface area contributed by atoms with Crippen LogP contribution in [-0.2, 0) is 4.74 Å².